The number of benzene rings is 2. The molecule has 32 heavy (non-hydrogen) atoms. The lowest BCUT2D eigenvalue weighted by Gasteiger charge is -2.32. The molecule has 168 valence electrons. The van der Waals surface area contributed by atoms with Gasteiger partial charge in [-0.2, -0.15) is 18.2 Å². The van der Waals surface area contributed by atoms with E-state index >= 15 is 0 Å². The second-order valence-corrected chi connectivity index (χ2v) is 8.40. The third-order valence-corrected chi connectivity index (χ3v) is 6.37. The molecule has 0 saturated carbocycles. The molecule has 6 nitrogen and oxygen atoms in total. The van der Waals surface area contributed by atoms with Crippen molar-refractivity contribution >= 4 is 34.6 Å². The standard InChI is InChI=1S/C22H20F3N3O3S/c1-31-18-11-14(5-6-17(18)29)12-19-20(30)26-21(32-19)28-9-7-27(8-10-28)16-4-2-3-15(13-16)22(23,24)25/h2-6,11-13,29H,7-10H2,1H3/b19-12+. The summed E-state index contributed by atoms with van der Waals surface area (Å²) in [6.45, 7) is 2.32. The van der Waals surface area contributed by atoms with Crippen molar-refractivity contribution in [2.45, 2.75) is 6.18 Å². The molecule has 2 aliphatic rings. The molecule has 1 amide bonds. The van der Waals surface area contributed by atoms with Crippen molar-refractivity contribution in [3.05, 3.63) is 58.5 Å². The fraction of sp³-hybridized carbons (Fsp3) is 0.273. The van der Waals surface area contributed by atoms with Crippen molar-refractivity contribution in [3.63, 3.8) is 0 Å². The summed E-state index contributed by atoms with van der Waals surface area (Å²) < 4.78 is 44.0. The molecule has 0 atom stereocenters. The summed E-state index contributed by atoms with van der Waals surface area (Å²) in [5, 5.41) is 12.2. The minimum Gasteiger partial charge on any atom is -0.870 e. The second kappa shape index (κ2) is 8.87. The van der Waals surface area contributed by atoms with Crippen LogP contribution in [0.15, 0.2) is 52.4 Å². The minimum absolute atomic E-state index is 0.199. The first-order valence-corrected chi connectivity index (χ1v) is 10.7. The van der Waals surface area contributed by atoms with Crippen molar-refractivity contribution in [1.82, 2.24) is 4.90 Å². The fourth-order valence-corrected chi connectivity index (χ4v) is 4.60. The van der Waals surface area contributed by atoms with Crippen LogP contribution >= 0.6 is 11.8 Å². The molecule has 2 aliphatic heterocycles. The molecule has 0 bridgehead atoms. The normalized spacial score (nSPS) is 18.9. The maximum Gasteiger partial charge on any atom is 0.416 e. The summed E-state index contributed by atoms with van der Waals surface area (Å²) in [7, 11) is 1.41. The Labute approximate surface area is 187 Å². The van der Waals surface area contributed by atoms with Crippen LogP contribution in [-0.4, -0.2) is 49.3 Å². The highest BCUT2D eigenvalue weighted by Gasteiger charge is 2.33. The Balaban J connectivity index is 1.41. The van der Waals surface area contributed by atoms with Crippen molar-refractivity contribution in [2.75, 3.05) is 33.3 Å². The van der Waals surface area contributed by atoms with Crippen LogP contribution in [-0.2, 0) is 11.0 Å². The van der Waals surface area contributed by atoms with E-state index in [9.17, 15) is 23.1 Å². The van der Waals surface area contributed by atoms with E-state index in [1.807, 2.05) is 4.90 Å². The first kappa shape index (κ1) is 22.2. The molecule has 0 aromatic heterocycles. The molecule has 0 radical (unpaired) electrons. The van der Waals surface area contributed by atoms with Crippen LogP contribution in [0.25, 0.3) is 6.08 Å². The van der Waals surface area contributed by atoms with Gasteiger partial charge in [0.2, 0.25) is 0 Å². The molecule has 1 saturated heterocycles. The molecule has 1 N–H and O–H groups in total. The van der Waals surface area contributed by atoms with E-state index in [4.69, 9.17) is 4.74 Å². The highest BCUT2D eigenvalue weighted by Crippen LogP contribution is 2.33. The van der Waals surface area contributed by atoms with Gasteiger partial charge < -0.3 is 14.7 Å². The zero-order valence-corrected chi connectivity index (χ0v) is 17.9. The molecule has 2 heterocycles. The van der Waals surface area contributed by atoms with Crippen molar-refractivity contribution in [3.8, 4) is 11.5 Å². The van der Waals surface area contributed by atoms with Crippen LogP contribution in [0.5, 0.6) is 11.5 Å². The van der Waals surface area contributed by atoms with Crippen LogP contribution in [0, 0.1) is 0 Å². The van der Waals surface area contributed by atoms with Crippen molar-refractivity contribution in [1.29, 1.82) is 0 Å². The van der Waals surface area contributed by atoms with Crippen LogP contribution in [0.3, 0.4) is 0 Å². The first-order chi connectivity index (χ1) is 15.2. The third kappa shape index (κ3) is 4.76. The Bertz CT molecular complexity index is 1090. The Morgan fingerprint density at radius 3 is 2.62 bits per heavy atom. The zero-order valence-electron chi connectivity index (χ0n) is 17.1. The van der Waals surface area contributed by atoms with Gasteiger partial charge in [-0.15, -0.1) is 0 Å². The summed E-state index contributed by atoms with van der Waals surface area (Å²) in [6.07, 6.45) is -2.71. The Hall–Kier alpha value is -2.98. The molecule has 0 aliphatic carbocycles. The number of amidine groups is 1. The van der Waals surface area contributed by atoms with Gasteiger partial charge in [-0.25, -0.2) is 0 Å². The predicted molar refractivity (Wildman–Crippen MR) is 114 cm³/mol. The number of aliphatic imine (C=N–C) groups is 1. The maximum atomic E-state index is 13.0. The summed E-state index contributed by atoms with van der Waals surface area (Å²) in [4.78, 5) is 19.9. The Kier molecular flexibility index (Phi) is 6.16. The number of halogens is 3. The summed E-state index contributed by atoms with van der Waals surface area (Å²) in [5.74, 6) is -0.398. The number of nitrogens with zero attached hydrogens (tertiary/aromatic N) is 2. The Morgan fingerprint density at radius 1 is 1.19 bits per heavy atom. The minimum atomic E-state index is -4.37. The SMILES string of the molecule is COc1cc(/C=C2/SC(N3CC[NH+](c4cccc(C(F)(F)F)c4)CC3)=NC2=O)ccc1[O-]. The van der Waals surface area contributed by atoms with E-state index in [0.717, 1.165) is 11.0 Å². The highest BCUT2D eigenvalue weighted by atomic mass is 32.2. The number of quaternary nitrogens is 1. The smallest absolute Gasteiger partial charge is 0.416 e. The molecule has 2 aromatic rings. The number of rotatable bonds is 3. The van der Waals surface area contributed by atoms with Gasteiger partial charge >= 0.3 is 6.18 Å². The predicted octanol–water partition coefficient (Wildman–Crippen LogP) is 2.29. The van der Waals surface area contributed by atoms with Crippen molar-refractivity contribution < 1.29 is 32.7 Å². The van der Waals surface area contributed by atoms with E-state index in [-0.39, 0.29) is 17.4 Å². The number of carbonyl (C=O) groups excluding carboxylic acids is 1. The Morgan fingerprint density at radius 2 is 1.94 bits per heavy atom. The maximum absolute atomic E-state index is 13.0. The van der Waals surface area contributed by atoms with Gasteiger partial charge in [-0.3, -0.25) is 9.69 Å². The fourth-order valence-electron chi connectivity index (χ4n) is 3.63. The van der Waals surface area contributed by atoms with Crippen LogP contribution < -0.4 is 14.7 Å². The number of hydrogen-bond donors (Lipinski definition) is 1. The van der Waals surface area contributed by atoms with Gasteiger partial charge in [-0.1, -0.05) is 23.9 Å². The van der Waals surface area contributed by atoms with Crippen LogP contribution in [0.2, 0.25) is 0 Å². The van der Waals surface area contributed by atoms with Crippen LogP contribution in [0.4, 0.5) is 18.9 Å². The number of alkyl halides is 3. The van der Waals surface area contributed by atoms with E-state index in [1.54, 1.807) is 24.3 Å². The summed E-state index contributed by atoms with van der Waals surface area (Å²) >= 11 is 1.25. The third-order valence-electron chi connectivity index (χ3n) is 5.33. The molecule has 2 aromatic carbocycles. The molecule has 4 rings (SSSR count). The molecule has 1 fully saturated rings. The molecule has 0 unspecified atom stereocenters. The number of piperazine rings is 1. The number of amides is 1. The molecule has 10 heteroatoms. The second-order valence-electron chi connectivity index (χ2n) is 7.39. The van der Waals surface area contributed by atoms with Gasteiger partial charge in [0.1, 0.15) is 11.4 Å². The quantitative estimate of drug-likeness (QED) is 0.708. The summed E-state index contributed by atoms with van der Waals surface area (Å²) in [5.41, 5.74) is 0.614. The number of ether oxygens (including phenoxy) is 1. The lowest BCUT2D eigenvalue weighted by Crippen LogP contribution is -3.10. The molecular formula is C22H20F3N3O3S. The van der Waals surface area contributed by atoms with Gasteiger partial charge in [0, 0.05) is 6.07 Å². The van der Waals surface area contributed by atoms with Gasteiger partial charge in [0.25, 0.3) is 5.91 Å². The topological polar surface area (TPSA) is 69.4 Å². The lowest BCUT2D eigenvalue weighted by atomic mass is 10.1. The molecule has 0 spiro atoms. The van der Waals surface area contributed by atoms with Gasteiger partial charge in [0.05, 0.1) is 43.8 Å². The number of methoxy groups -OCH3 is 1. The van der Waals surface area contributed by atoms with E-state index in [1.165, 1.54) is 37.1 Å². The van der Waals surface area contributed by atoms with E-state index in [2.05, 4.69) is 4.99 Å². The van der Waals surface area contributed by atoms with Gasteiger partial charge in [0.15, 0.2) is 5.17 Å². The van der Waals surface area contributed by atoms with E-state index < -0.39 is 11.7 Å². The number of carbonyl (C=O) groups is 1. The largest absolute Gasteiger partial charge is 0.870 e. The average molecular weight is 463 g/mol. The number of thioether (sulfide) groups is 1. The lowest BCUT2D eigenvalue weighted by molar-refractivity contribution is -0.837. The first-order valence-electron chi connectivity index (χ1n) is 9.89. The van der Waals surface area contributed by atoms with Gasteiger partial charge in [-0.05, 0) is 41.6 Å². The number of hydrogen-bond acceptors (Lipinski definition) is 5. The van der Waals surface area contributed by atoms with E-state index in [0.29, 0.717) is 47.5 Å². The van der Waals surface area contributed by atoms with Crippen molar-refractivity contribution in [2.24, 2.45) is 4.99 Å². The zero-order chi connectivity index (χ0) is 22.9. The van der Waals surface area contributed by atoms with Crippen LogP contribution in [0.1, 0.15) is 11.1 Å². The molecular weight excluding hydrogens is 443 g/mol. The summed E-state index contributed by atoms with van der Waals surface area (Å²) in [6, 6.07) is 9.96. The average Bonchev–Trinajstić information content (AvgIpc) is 3.15. The highest BCUT2D eigenvalue weighted by molar-refractivity contribution is 8.18. The monoisotopic (exact) mass is 463 g/mol. The number of nitrogens with one attached hydrogen (secondary N) is 1.